The first-order valence-electron chi connectivity index (χ1n) is 6.55. The number of nitrogens with one attached hydrogen (secondary N) is 1. The SMILES string of the molecule is CC.CC(=O)CCC(=O)NC1CCN(C)CC1.[HH]. The van der Waals surface area contributed by atoms with E-state index >= 15 is 0 Å². The summed E-state index contributed by atoms with van der Waals surface area (Å²) in [6, 6.07) is 0.306. The van der Waals surface area contributed by atoms with Crippen molar-refractivity contribution in [1.82, 2.24) is 10.2 Å². The lowest BCUT2D eigenvalue weighted by molar-refractivity contribution is -0.125. The van der Waals surface area contributed by atoms with Gasteiger partial charge in [-0.2, -0.15) is 0 Å². The van der Waals surface area contributed by atoms with Gasteiger partial charge in [0.05, 0.1) is 0 Å². The van der Waals surface area contributed by atoms with Crippen LogP contribution >= 0.6 is 0 Å². The molecule has 0 radical (unpaired) electrons. The van der Waals surface area contributed by atoms with Crippen molar-refractivity contribution in [3.63, 3.8) is 0 Å². The second kappa shape index (κ2) is 9.16. The molecule has 0 saturated carbocycles. The number of carbonyl (C=O) groups is 2. The van der Waals surface area contributed by atoms with Crippen molar-refractivity contribution in [1.29, 1.82) is 0 Å². The van der Waals surface area contributed by atoms with Crippen LogP contribution in [0.25, 0.3) is 0 Å². The molecule has 0 atom stereocenters. The predicted octanol–water partition coefficient (Wildman–Crippen LogP) is 1.84. The first kappa shape index (κ1) is 16.1. The van der Waals surface area contributed by atoms with Gasteiger partial charge in [-0.15, -0.1) is 0 Å². The second-order valence-corrected chi connectivity index (χ2v) is 4.35. The van der Waals surface area contributed by atoms with Crippen LogP contribution in [0, 0.1) is 0 Å². The van der Waals surface area contributed by atoms with Crippen LogP contribution in [0.15, 0.2) is 0 Å². The zero-order valence-electron chi connectivity index (χ0n) is 11.6. The van der Waals surface area contributed by atoms with Gasteiger partial charge in [0.25, 0.3) is 0 Å². The minimum atomic E-state index is 0. The van der Waals surface area contributed by atoms with E-state index in [4.69, 9.17) is 0 Å². The summed E-state index contributed by atoms with van der Waals surface area (Å²) < 4.78 is 0. The lowest BCUT2D eigenvalue weighted by Gasteiger charge is -2.29. The number of amides is 1. The van der Waals surface area contributed by atoms with E-state index in [0.717, 1.165) is 25.9 Å². The van der Waals surface area contributed by atoms with Crippen molar-refractivity contribution in [3.05, 3.63) is 0 Å². The highest BCUT2D eigenvalue weighted by Crippen LogP contribution is 2.08. The van der Waals surface area contributed by atoms with Gasteiger partial charge in [0.2, 0.25) is 5.91 Å². The highest BCUT2D eigenvalue weighted by molar-refractivity contribution is 5.83. The smallest absolute Gasteiger partial charge is 0.220 e. The summed E-state index contributed by atoms with van der Waals surface area (Å²) in [5.41, 5.74) is 0. The van der Waals surface area contributed by atoms with Crippen molar-refractivity contribution in [2.45, 2.75) is 52.5 Å². The highest BCUT2D eigenvalue weighted by Gasteiger charge is 2.18. The Balaban J connectivity index is 0. The van der Waals surface area contributed by atoms with Crippen LogP contribution in [0.2, 0.25) is 0 Å². The highest BCUT2D eigenvalue weighted by atomic mass is 16.2. The molecule has 0 aromatic rings. The molecule has 1 amide bonds. The maximum absolute atomic E-state index is 11.4. The van der Waals surface area contributed by atoms with E-state index in [1.807, 2.05) is 13.8 Å². The Hall–Kier alpha value is -0.900. The van der Waals surface area contributed by atoms with Gasteiger partial charge in [-0.05, 0) is 39.9 Å². The molecule has 1 fully saturated rings. The van der Waals surface area contributed by atoms with E-state index in [1.54, 1.807) is 0 Å². The Bertz CT molecular complexity index is 239. The van der Waals surface area contributed by atoms with Crippen molar-refractivity contribution >= 4 is 11.7 Å². The molecule has 1 aliphatic heterocycles. The number of piperidine rings is 1. The third-order valence-corrected chi connectivity index (χ3v) is 2.79. The fourth-order valence-corrected chi connectivity index (χ4v) is 1.74. The van der Waals surface area contributed by atoms with Crippen LogP contribution in [-0.2, 0) is 9.59 Å². The summed E-state index contributed by atoms with van der Waals surface area (Å²) in [5.74, 6) is 0.0910. The monoisotopic (exact) mass is 244 g/mol. The van der Waals surface area contributed by atoms with Gasteiger partial charge in [0, 0.05) is 20.3 Å². The van der Waals surface area contributed by atoms with E-state index in [2.05, 4.69) is 17.3 Å². The number of hydrogen-bond acceptors (Lipinski definition) is 3. The third-order valence-electron chi connectivity index (χ3n) is 2.79. The zero-order valence-corrected chi connectivity index (χ0v) is 11.6. The normalized spacial score (nSPS) is 16.9. The van der Waals surface area contributed by atoms with E-state index in [9.17, 15) is 9.59 Å². The van der Waals surface area contributed by atoms with E-state index < -0.39 is 0 Å². The first-order chi connectivity index (χ1) is 8.08. The largest absolute Gasteiger partial charge is 0.353 e. The average Bonchev–Trinajstić information content (AvgIpc) is 2.32. The summed E-state index contributed by atoms with van der Waals surface area (Å²) >= 11 is 0. The maximum atomic E-state index is 11.4. The molecule has 1 heterocycles. The fraction of sp³-hybridized carbons (Fsp3) is 0.846. The lowest BCUT2D eigenvalue weighted by Crippen LogP contribution is -2.43. The summed E-state index contributed by atoms with van der Waals surface area (Å²) in [5, 5.41) is 2.98. The Labute approximate surface area is 106 Å². The summed E-state index contributed by atoms with van der Waals surface area (Å²) in [4.78, 5) is 24.4. The predicted molar refractivity (Wildman–Crippen MR) is 72.0 cm³/mol. The molecule has 0 bridgehead atoms. The Morgan fingerprint density at radius 2 is 1.76 bits per heavy atom. The number of likely N-dealkylation sites (tertiary alicyclic amines) is 1. The molecule has 17 heavy (non-hydrogen) atoms. The Kier molecular flexibility index (Phi) is 8.68. The summed E-state index contributed by atoms with van der Waals surface area (Å²) in [6.07, 6.45) is 2.73. The van der Waals surface area contributed by atoms with Crippen LogP contribution in [0.1, 0.15) is 47.9 Å². The molecule has 0 aromatic carbocycles. The molecule has 0 unspecified atom stereocenters. The summed E-state index contributed by atoms with van der Waals surface area (Å²) in [6.45, 7) is 7.60. The third kappa shape index (κ3) is 7.91. The molecule has 1 rings (SSSR count). The van der Waals surface area contributed by atoms with Gasteiger partial charge >= 0.3 is 0 Å². The quantitative estimate of drug-likeness (QED) is 0.821. The minimum Gasteiger partial charge on any atom is -0.353 e. The molecule has 0 aromatic heterocycles. The Morgan fingerprint density at radius 1 is 1.24 bits per heavy atom. The molecule has 1 N–H and O–H groups in total. The number of nitrogens with zero attached hydrogens (tertiary/aromatic N) is 1. The van der Waals surface area contributed by atoms with Crippen LogP contribution in [0.3, 0.4) is 0 Å². The molecule has 1 aliphatic rings. The second-order valence-electron chi connectivity index (χ2n) is 4.35. The molecule has 4 nitrogen and oxygen atoms in total. The average molecular weight is 244 g/mol. The van der Waals surface area contributed by atoms with E-state index in [-0.39, 0.29) is 13.1 Å². The molecular weight excluding hydrogens is 216 g/mol. The zero-order chi connectivity index (χ0) is 13.3. The topological polar surface area (TPSA) is 49.4 Å². The van der Waals surface area contributed by atoms with Gasteiger partial charge in [0.15, 0.2) is 0 Å². The maximum Gasteiger partial charge on any atom is 0.220 e. The van der Waals surface area contributed by atoms with Crippen LogP contribution in [0.4, 0.5) is 0 Å². The molecule has 102 valence electrons. The van der Waals surface area contributed by atoms with Crippen molar-refractivity contribution in [2.24, 2.45) is 0 Å². The first-order valence-corrected chi connectivity index (χ1v) is 6.55. The van der Waals surface area contributed by atoms with Crippen LogP contribution in [0.5, 0.6) is 0 Å². The lowest BCUT2D eigenvalue weighted by atomic mass is 10.1. The number of carbonyl (C=O) groups excluding carboxylic acids is 2. The van der Waals surface area contributed by atoms with Gasteiger partial charge < -0.3 is 15.0 Å². The summed E-state index contributed by atoms with van der Waals surface area (Å²) in [7, 11) is 2.09. The Morgan fingerprint density at radius 3 is 2.24 bits per heavy atom. The minimum absolute atomic E-state index is 0. The van der Waals surface area contributed by atoms with Crippen molar-refractivity contribution in [2.75, 3.05) is 20.1 Å². The molecule has 0 spiro atoms. The van der Waals surface area contributed by atoms with Crippen LogP contribution in [-0.4, -0.2) is 42.8 Å². The van der Waals surface area contributed by atoms with Crippen LogP contribution < -0.4 is 5.32 Å². The molecule has 1 saturated heterocycles. The molecule has 4 heteroatoms. The number of rotatable bonds is 4. The van der Waals surface area contributed by atoms with Gasteiger partial charge in [-0.25, -0.2) is 0 Å². The van der Waals surface area contributed by atoms with Gasteiger partial charge in [-0.1, -0.05) is 13.8 Å². The van der Waals surface area contributed by atoms with Gasteiger partial charge in [-0.3, -0.25) is 4.79 Å². The van der Waals surface area contributed by atoms with Crippen molar-refractivity contribution < 1.29 is 11.0 Å². The fourth-order valence-electron chi connectivity index (χ4n) is 1.74. The molecule has 0 aliphatic carbocycles. The number of ketones is 1. The number of Topliss-reactive ketones (excluding diaryl/α,β-unsaturated/α-hetero) is 1. The van der Waals surface area contributed by atoms with Gasteiger partial charge in [0.1, 0.15) is 5.78 Å². The molecular formula is C13H28N2O2. The standard InChI is InChI=1S/C11H20N2O2.C2H6.H2/c1-9(14)3-4-11(15)12-10-5-7-13(2)8-6-10;1-2;/h10H,3-8H2,1-2H3,(H,12,15);1-2H3;1H. The van der Waals surface area contributed by atoms with E-state index in [0.29, 0.717) is 18.9 Å². The number of hydrogen-bond donors (Lipinski definition) is 1. The van der Waals surface area contributed by atoms with E-state index in [1.165, 1.54) is 6.92 Å². The van der Waals surface area contributed by atoms with Crippen molar-refractivity contribution in [3.8, 4) is 0 Å².